The summed E-state index contributed by atoms with van der Waals surface area (Å²) in [5.41, 5.74) is 2.83. The Labute approximate surface area is 164 Å². The maximum atomic E-state index is 12.4. The van der Waals surface area contributed by atoms with Gasteiger partial charge >= 0.3 is 0 Å². The molecule has 0 spiro atoms. The highest BCUT2D eigenvalue weighted by Crippen LogP contribution is 2.19. The van der Waals surface area contributed by atoms with Gasteiger partial charge in [0, 0.05) is 52.4 Å². The van der Waals surface area contributed by atoms with Crippen LogP contribution in [0.2, 0.25) is 0 Å². The number of aliphatic hydroxyl groups is 1. The molecule has 1 atom stereocenters. The van der Waals surface area contributed by atoms with Crippen LogP contribution in [0.25, 0.3) is 0 Å². The average Bonchev–Trinajstić information content (AvgIpc) is 3.23. The molecule has 1 fully saturated rings. The molecule has 144 valence electrons. The number of β-amino-alcohol motifs (C(OH)–C–C–N with tert-alkyl or cyclic N) is 1. The summed E-state index contributed by atoms with van der Waals surface area (Å²) in [7, 11) is 0. The predicted molar refractivity (Wildman–Crippen MR) is 108 cm³/mol. The molecule has 5 nitrogen and oxygen atoms in total. The summed E-state index contributed by atoms with van der Waals surface area (Å²) in [6.07, 6.45) is 0.710. The van der Waals surface area contributed by atoms with E-state index >= 15 is 0 Å². The first-order valence-electron chi connectivity index (χ1n) is 9.71. The third kappa shape index (κ3) is 4.58. The van der Waals surface area contributed by atoms with Crippen molar-refractivity contribution in [3.8, 4) is 0 Å². The topological polar surface area (TPSA) is 47.0 Å². The van der Waals surface area contributed by atoms with Gasteiger partial charge in [-0.2, -0.15) is 0 Å². The molecule has 6 heteroatoms. The minimum atomic E-state index is -0.352. The van der Waals surface area contributed by atoms with Crippen molar-refractivity contribution in [3.05, 3.63) is 57.8 Å². The number of hydrogen-bond donors (Lipinski definition) is 1. The van der Waals surface area contributed by atoms with E-state index in [2.05, 4.69) is 34.1 Å². The van der Waals surface area contributed by atoms with Crippen LogP contribution in [0.3, 0.4) is 0 Å². The minimum absolute atomic E-state index is 0.136. The van der Waals surface area contributed by atoms with E-state index in [0.29, 0.717) is 13.1 Å². The Morgan fingerprint density at radius 2 is 1.70 bits per heavy atom. The lowest BCUT2D eigenvalue weighted by Gasteiger charge is -2.36. The van der Waals surface area contributed by atoms with Crippen molar-refractivity contribution < 1.29 is 9.90 Å². The third-order valence-corrected chi connectivity index (χ3v) is 6.40. The van der Waals surface area contributed by atoms with E-state index in [1.54, 1.807) is 0 Å². The van der Waals surface area contributed by atoms with Gasteiger partial charge in [-0.05, 0) is 29.0 Å². The Kier molecular flexibility index (Phi) is 5.88. The van der Waals surface area contributed by atoms with Crippen LogP contribution < -0.4 is 0 Å². The largest absolute Gasteiger partial charge is 0.390 e. The first kappa shape index (κ1) is 18.6. The van der Waals surface area contributed by atoms with E-state index in [1.807, 2.05) is 22.4 Å². The molecule has 0 radical (unpaired) electrons. The number of piperazine rings is 1. The normalized spacial score (nSPS) is 19.7. The zero-order chi connectivity index (χ0) is 18.6. The van der Waals surface area contributed by atoms with Crippen molar-refractivity contribution in [2.24, 2.45) is 0 Å². The molecule has 2 aromatic rings. The van der Waals surface area contributed by atoms with E-state index in [1.165, 1.54) is 22.5 Å². The molecule has 1 unspecified atom stereocenters. The van der Waals surface area contributed by atoms with E-state index < -0.39 is 0 Å². The third-order valence-electron chi connectivity index (χ3n) is 5.54. The predicted octanol–water partition coefficient (Wildman–Crippen LogP) is 1.93. The summed E-state index contributed by atoms with van der Waals surface area (Å²) in [5.74, 6) is 0.136. The summed E-state index contributed by atoms with van der Waals surface area (Å²) in [6, 6.07) is 12.4. The molecule has 0 saturated carbocycles. The number of fused-ring (bicyclic) bond motifs is 1. The smallest absolute Gasteiger partial charge is 0.264 e. The molecular weight excluding hydrogens is 358 g/mol. The first-order valence-corrected chi connectivity index (χ1v) is 10.6. The van der Waals surface area contributed by atoms with Crippen LogP contribution in [-0.2, 0) is 13.0 Å². The highest BCUT2D eigenvalue weighted by molar-refractivity contribution is 7.12. The molecule has 1 N–H and O–H groups in total. The van der Waals surface area contributed by atoms with E-state index in [9.17, 15) is 9.90 Å². The fourth-order valence-corrected chi connectivity index (χ4v) is 4.74. The van der Waals surface area contributed by atoms with Gasteiger partial charge in [-0.3, -0.25) is 14.6 Å². The summed E-state index contributed by atoms with van der Waals surface area (Å²) in [6.45, 7) is 6.46. The molecule has 27 heavy (non-hydrogen) atoms. The van der Waals surface area contributed by atoms with E-state index in [0.717, 1.165) is 50.6 Å². The van der Waals surface area contributed by atoms with Gasteiger partial charge in [0.2, 0.25) is 0 Å². The molecule has 3 heterocycles. The molecule has 0 bridgehead atoms. The Hall–Kier alpha value is -1.73. The quantitative estimate of drug-likeness (QED) is 0.854. The Morgan fingerprint density at radius 1 is 0.963 bits per heavy atom. The number of aliphatic hydroxyl groups excluding tert-OH is 1. The number of thiophene rings is 1. The number of carbonyl (C=O) groups excluding carboxylic acids is 1. The van der Waals surface area contributed by atoms with Crippen LogP contribution in [0.4, 0.5) is 0 Å². The van der Waals surface area contributed by atoms with Gasteiger partial charge in [0.1, 0.15) is 0 Å². The van der Waals surface area contributed by atoms with Crippen LogP contribution in [-0.4, -0.2) is 77.6 Å². The highest BCUT2D eigenvalue weighted by Gasteiger charge is 2.25. The van der Waals surface area contributed by atoms with Crippen LogP contribution in [0.5, 0.6) is 0 Å². The second-order valence-electron chi connectivity index (χ2n) is 7.48. The molecule has 2 aliphatic heterocycles. The van der Waals surface area contributed by atoms with Crippen LogP contribution in [0.15, 0.2) is 41.8 Å². The van der Waals surface area contributed by atoms with Crippen molar-refractivity contribution in [1.29, 1.82) is 0 Å². The SMILES string of the molecule is O=C(c1cccs1)N1CCN(CC(O)CN2CCc3ccccc3C2)CC1. The summed E-state index contributed by atoms with van der Waals surface area (Å²) in [5, 5.41) is 12.5. The average molecular weight is 386 g/mol. The number of carbonyl (C=O) groups is 1. The van der Waals surface area contributed by atoms with E-state index in [-0.39, 0.29) is 12.0 Å². The lowest BCUT2D eigenvalue weighted by molar-refractivity contribution is 0.0417. The Balaban J connectivity index is 1.22. The Bertz CT molecular complexity index is 757. The van der Waals surface area contributed by atoms with Gasteiger partial charge in [0.15, 0.2) is 0 Å². The van der Waals surface area contributed by atoms with Gasteiger partial charge in [0.25, 0.3) is 5.91 Å². The maximum Gasteiger partial charge on any atom is 0.264 e. The van der Waals surface area contributed by atoms with Crippen LogP contribution >= 0.6 is 11.3 Å². The van der Waals surface area contributed by atoms with Crippen LogP contribution in [0, 0.1) is 0 Å². The lowest BCUT2D eigenvalue weighted by atomic mass is 10.00. The maximum absolute atomic E-state index is 12.4. The fraction of sp³-hybridized carbons (Fsp3) is 0.476. The first-order chi connectivity index (χ1) is 13.2. The molecule has 1 amide bonds. The number of benzene rings is 1. The zero-order valence-electron chi connectivity index (χ0n) is 15.6. The molecule has 2 aliphatic rings. The van der Waals surface area contributed by atoms with Crippen molar-refractivity contribution in [2.75, 3.05) is 45.8 Å². The van der Waals surface area contributed by atoms with Crippen molar-refractivity contribution in [1.82, 2.24) is 14.7 Å². The number of rotatable bonds is 5. The number of amides is 1. The van der Waals surface area contributed by atoms with Gasteiger partial charge in [-0.25, -0.2) is 0 Å². The molecular formula is C21H27N3O2S. The molecule has 1 aromatic heterocycles. The molecule has 0 aliphatic carbocycles. The summed E-state index contributed by atoms with van der Waals surface area (Å²) >= 11 is 1.50. The summed E-state index contributed by atoms with van der Waals surface area (Å²) in [4.78, 5) is 19.8. The van der Waals surface area contributed by atoms with Gasteiger partial charge in [-0.1, -0.05) is 30.3 Å². The van der Waals surface area contributed by atoms with Crippen molar-refractivity contribution >= 4 is 17.2 Å². The standard InChI is InChI=1S/C21H27N3O2S/c25-19(16-23-8-7-17-4-1-2-5-18(17)14-23)15-22-9-11-24(12-10-22)21(26)20-6-3-13-27-20/h1-6,13,19,25H,7-12,14-16H2. The van der Waals surface area contributed by atoms with Crippen molar-refractivity contribution in [3.63, 3.8) is 0 Å². The minimum Gasteiger partial charge on any atom is -0.390 e. The Morgan fingerprint density at radius 3 is 2.44 bits per heavy atom. The zero-order valence-corrected chi connectivity index (χ0v) is 16.4. The van der Waals surface area contributed by atoms with Crippen LogP contribution in [0.1, 0.15) is 20.8 Å². The highest BCUT2D eigenvalue weighted by atomic mass is 32.1. The number of hydrogen-bond acceptors (Lipinski definition) is 5. The fourth-order valence-electron chi connectivity index (χ4n) is 4.05. The molecule has 4 rings (SSSR count). The van der Waals surface area contributed by atoms with E-state index in [4.69, 9.17) is 0 Å². The van der Waals surface area contributed by atoms with Gasteiger partial charge < -0.3 is 10.0 Å². The molecule has 1 aromatic carbocycles. The summed E-state index contributed by atoms with van der Waals surface area (Å²) < 4.78 is 0. The second kappa shape index (κ2) is 8.52. The monoisotopic (exact) mass is 385 g/mol. The van der Waals surface area contributed by atoms with Crippen molar-refractivity contribution in [2.45, 2.75) is 19.1 Å². The lowest BCUT2D eigenvalue weighted by Crippen LogP contribution is -2.51. The van der Waals surface area contributed by atoms with Gasteiger partial charge in [0.05, 0.1) is 11.0 Å². The number of nitrogens with zero attached hydrogens (tertiary/aromatic N) is 3. The van der Waals surface area contributed by atoms with Gasteiger partial charge in [-0.15, -0.1) is 11.3 Å². The molecule has 1 saturated heterocycles. The second-order valence-corrected chi connectivity index (χ2v) is 8.43.